The zero-order chi connectivity index (χ0) is 22.6. The van der Waals surface area contributed by atoms with E-state index in [1.807, 2.05) is 18.7 Å². The summed E-state index contributed by atoms with van der Waals surface area (Å²) in [7, 11) is -1.97. The molecular weight excluding hydrogens is 434 g/mol. The molecule has 0 spiro atoms. The highest BCUT2D eigenvalue weighted by Gasteiger charge is 2.23. The fourth-order valence-corrected chi connectivity index (χ4v) is 5.61. The molecule has 3 rings (SSSR count). The maximum Gasteiger partial charge on any atom is 0.243 e. The second kappa shape index (κ2) is 9.93. The van der Waals surface area contributed by atoms with Gasteiger partial charge in [0.2, 0.25) is 21.8 Å². The number of carbonyl (C=O) groups is 2. The average molecular weight is 464 g/mol. The Morgan fingerprint density at radius 2 is 1.87 bits per heavy atom. The van der Waals surface area contributed by atoms with E-state index in [-0.39, 0.29) is 42.1 Å². The van der Waals surface area contributed by atoms with Crippen LogP contribution in [0.5, 0.6) is 0 Å². The number of hydrogen-bond donors (Lipinski definition) is 1. The summed E-state index contributed by atoms with van der Waals surface area (Å²) >= 11 is 1.73. The number of amides is 2. The van der Waals surface area contributed by atoms with Gasteiger partial charge in [-0.2, -0.15) is 4.31 Å². The number of nitrogens with zero attached hydrogens (tertiary/aromatic N) is 2. The molecule has 0 bridgehead atoms. The first-order valence-electron chi connectivity index (χ1n) is 10.3. The highest BCUT2D eigenvalue weighted by atomic mass is 32.2. The Labute approximate surface area is 188 Å². The summed E-state index contributed by atoms with van der Waals surface area (Å²) in [4.78, 5) is 28.0. The Bertz CT molecular complexity index is 1030. The van der Waals surface area contributed by atoms with E-state index in [0.29, 0.717) is 13.1 Å². The van der Waals surface area contributed by atoms with Gasteiger partial charge in [0.25, 0.3) is 0 Å². The highest BCUT2D eigenvalue weighted by molar-refractivity contribution is 7.89. The van der Waals surface area contributed by atoms with Gasteiger partial charge in [-0.15, -0.1) is 11.3 Å². The van der Waals surface area contributed by atoms with E-state index in [1.165, 1.54) is 14.7 Å². The lowest BCUT2D eigenvalue weighted by Gasteiger charge is -2.27. The number of fused-ring (bicyclic) bond motifs is 1. The molecule has 0 atom stereocenters. The van der Waals surface area contributed by atoms with E-state index in [2.05, 4.69) is 16.8 Å². The summed E-state index contributed by atoms with van der Waals surface area (Å²) in [6.45, 7) is 5.25. The smallest absolute Gasteiger partial charge is 0.243 e. The van der Waals surface area contributed by atoms with Gasteiger partial charge >= 0.3 is 0 Å². The zero-order valence-electron chi connectivity index (χ0n) is 18.1. The van der Waals surface area contributed by atoms with Gasteiger partial charge in [-0.1, -0.05) is 12.1 Å². The number of thiophene rings is 1. The molecule has 0 fully saturated rings. The Kier molecular flexibility index (Phi) is 7.51. The van der Waals surface area contributed by atoms with Crippen molar-refractivity contribution < 1.29 is 18.0 Å². The minimum Gasteiger partial charge on any atom is -0.352 e. The SMILES string of the molecule is CC(C)N(C)S(=O)(=O)c1ccc(CNC(=O)CCC(=O)N2CCc3sccc3C2)cc1. The summed E-state index contributed by atoms with van der Waals surface area (Å²) < 4.78 is 26.3. The molecule has 2 amide bonds. The summed E-state index contributed by atoms with van der Waals surface area (Å²) in [6.07, 6.45) is 1.20. The van der Waals surface area contributed by atoms with Crippen LogP contribution in [0.3, 0.4) is 0 Å². The molecule has 7 nitrogen and oxygen atoms in total. The zero-order valence-corrected chi connectivity index (χ0v) is 19.8. The van der Waals surface area contributed by atoms with Gasteiger partial charge in [0, 0.05) is 50.4 Å². The molecule has 1 aromatic carbocycles. The van der Waals surface area contributed by atoms with Gasteiger partial charge in [0.05, 0.1) is 4.90 Å². The topological polar surface area (TPSA) is 86.8 Å². The van der Waals surface area contributed by atoms with E-state index < -0.39 is 10.0 Å². The Balaban J connectivity index is 1.45. The second-order valence-electron chi connectivity index (χ2n) is 7.97. The molecule has 2 heterocycles. The van der Waals surface area contributed by atoms with Crippen molar-refractivity contribution in [3.8, 4) is 0 Å². The van der Waals surface area contributed by atoms with Crippen LogP contribution < -0.4 is 5.32 Å². The van der Waals surface area contributed by atoms with Crippen molar-refractivity contribution in [3.63, 3.8) is 0 Å². The Morgan fingerprint density at radius 1 is 1.16 bits per heavy atom. The summed E-state index contributed by atoms with van der Waals surface area (Å²) in [5.41, 5.74) is 2.01. The molecule has 0 saturated heterocycles. The van der Waals surface area contributed by atoms with Crippen LogP contribution in [0.15, 0.2) is 40.6 Å². The van der Waals surface area contributed by atoms with Gasteiger partial charge < -0.3 is 10.2 Å². The van der Waals surface area contributed by atoms with Crippen LogP contribution in [0.25, 0.3) is 0 Å². The van der Waals surface area contributed by atoms with Crippen LogP contribution >= 0.6 is 11.3 Å². The number of nitrogens with one attached hydrogen (secondary N) is 1. The largest absolute Gasteiger partial charge is 0.352 e. The van der Waals surface area contributed by atoms with Crippen LogP contribution in [0.2, 0.25) is 0 Å². The Hall–Kier alpha value is -2.23. The van der Waals surface area contributed by atoms with Crippen LogP contribution in [0.1, 0.15) is 42.7 Å². The molecule has 1 aliphatic heterocycles. The van der Waals surface area contributed by atoms with Crippen molar-refractivity contribution in [2.45, 2.75) is 57.1 Å². The monoisotopic (exact) mass is 463 g/mol. The number of hydrogen-bond acceptors (Lipinski definition) is 5. The van der Waals surface area contributed by atoms with Crippen LogP contribution in [0, 0.1) is 0 Å². The first kappa shape index (κ1) is 23.4. The van der Waals surface area contributed by atoms with Gasteiger partial charge in [-0.05, 0) is 55.0 Å². The average Bonchev–Trinajstić information content (AvgIpc) is 3.23. The third-order valence-corrected chi connectivity index (χ3v) is 8.61. The number of benzene rings is 1. The summed E-state index contributed by atoms with van der Waals surface area (Å²) in [5, 5.41) is 4.85. The predicted octanol–water partition coefficient (Wildman–Crippen LogP) is 2.76. The molecule has 1 N–H and O–H groups in total. The van der Waals surface area contributed by atoms with E-state index in [1.54, 1.807) is 42.6 Å². The first-order chi connectivity index (χ1) is 14.7. The molecule has 9 heteroatoms. The fourth-order valence-electron chi connectivity index (χ4n) is 3.35. The van der Waals surface area contributed by atoms with Crippen molar-refractivity contribution >= 4 is 33.2 Å². The molecular formula is C22H29N3O4S2. The van der Waals surface area contributed by atoms with Crippen LogP contribution in [0.4, 0.5) is 0 Å². The molecule has 0 unspecified atom stereocenters. The van der Waals surface area contributed by atoms with Gasteiger partial charge in [-0.3, -0.25) is 9.59 Å². The fraction of sp³-hybridized carbons (Fsp3) is 0.455. The predicted molar refractivity (Wildman–Crippen MR) is 121 cm³/mol. The van der Waals surface area contributed by atoms with E-state index >= 15 is 0 Å². The van der Waals surface area contributed by atoms with Gasteiger partial charge in [0.15, 0.2) is 0 Å². The van der Waals surface area contributed by atoms with E-state index in [0.717, 1.165) is 12.0 Å². The van der Waals surface area contributed by atoms with Crippen molar-refractivity contribution in [1.29, 1.82) is 0 Å². The number of sulfonamides is 1. The highest BCUT2D eigenvalue weighted by Crippen LogP contribution is 2.24. The molecule has 0 radical (unpaired) electrons. The Morgan fingerprint density at radius 3 is 2.55 bits per heavy atom. The minimum absolute atomic E-state index is 0.00386. The van der Waals surface area contributed by atoms with E-state index in [9.17, 15) is 18.0 Å². The number of carbonyl (C=O) groups excluding carboxylic acids is 2. The summed E-state index contributed by atoms with van der Waals surface area (Å²) in [6, 6.07) is 8.41. The summed E-state index contributed by atoms with van der Waals surface area (Å²) in [5.74, 6) is -0.200. The molecule has 168 valence electrons. The van der Waals surface area contributed by atoms with Crippen molar-refractivity contribution in [1.82, 2.24) is 14.5 Å². The molecule has 0 saturated carbocycles. The lowest BCUT2D eigenvalue weighted by atomic mass is 10.1. The third kappa shape index (κ3) is 5.72. The molecule has 31 heavy (non-hydrogen) atoms. The maximum absolute atomic E-state index is 12.5. The van der Waals surface area contributed by atoms with Crippen molar-refractivity contribution in [3.05, 3.63) is 51.7 Å². The van der Waals surface area contributed by atoms with Crippen molar-refractivity contribution in [2.24, 2.45) is 0 Å². The number of rotatable bonds is 8. The minimum atomic E-state index is -3.53. The quantitative estimate of drug-likeness (QED) is 0.652. The lowest BCUT2D eigenvalue weighted by Crippen LogP contribution is -2.36. The second-order valence-corrected chi connectivity index (χ2v) is 11.0. The van der Waals surface area contributed by atoms with Crippen molar-refractivity contribution in [2.75, 3.05) is 13.6 Å². The molecule has 0 aliphatic carbocycles. The van der Waals surface area contributed by atoms with Gasteiger partial charge in [0.1, 0.15) is 0 Å². The normalized spacial score (nSPS) is 14.0. The van der Waals surface area contributed by atoms with Crippen LogP contribution in [-0.4, -0.2) is 49.1 Å². The third-order valence-electron chi connectivity index (χ3n) is 5.54. The lowest BCUT2D eigenvalue weighted by molar-refractivity contribution is -0.134. The first-order valence-corrected chi connectivity index (χ1v) is 12.7. The van der Waals surface area contributed by atoms with Crippen LogP contribution in [-0.2, 0) is 39.1 Å². The van der Waals surface area contributed by atoms with E-state index in [4.69, 9.17) is 0 Å². The maximum atomic E-state index is 12.5. The van der Waals surface area contributed by atoms with Gasteiger partial charge in [-0.25, -0.2) is 8.42 Å². The molecule has 1 aromatic heterocycles. The standard InChI is InChI=1S/C22H29N3O4S2/c1-16(2)24(3)31(28,29)19-6-4-17(5-7-19)14-23-21(26)8-9-22(27)25-12-10-20-18(15-25)11-13-30-20/h4-7,11,13,16H,8-10,12,14-15H2,1-3H3,(H,23,26). The molecule has 1 aliphatic rings. The molecule has 2 aromatic rings.